The number of sulfonamides is 1. The average Bonchev–Trinajstić information content (AvgIpc) is 3.14. The van der Waals surface area contributed by atoms with E-state index in [1.54, 1.807) is 17.6 Å². The van der Waals surface area contributed by atoms with Gasteiger partial charge in [0.25, 0.3) is 10.0 Å². The Morgan fingerprint density at radius 2 is 2.00 bits per heavy atom. The van der Waals surface area contributed by atoms with E-state index < -0.39 is 15.9 Å². The number of hydrogen-bond donors (Lipinski definition) is 2. The highest BCUT2D eigenvalue weighted by Gasteiger charge is 2.16. The summed E-state index contributed by atoms with van der Waals surface area (Å²) in [6.45, 7) is 0. The number of thiophene rings is 1. The van der Waals surface area contributed by atoms with Crippen LogP contribution in [0.15, 0.2) is 63.1 Å². The molecule has 0 bridgehead atoms. The molecule has 2 N–H and O–H groups in total. The van der Waals surface area contributed by atoms with E-state index in [1.165, 1.54) is 17.8 Å². The third-order valence-electron chi connectivity index (χ3n) is 3.04. The van der Waals surface area contributed by atoms with E-state index in [1.807, 2.05) is 30.3 Å². The molecule has 0 saturated heterocycles. The standard InChI is InChI=1S/C15H13N3O3S3/c19-13(17-18-24(20,21)14-7-3-9-22-14)10-23-12-6-1-4-11-5-2-8-16-15(11)12/h1-9,18H,10H2,(H,17,19). The number of rotatable bonds is 6. The summed E-state index contributed by atoms with van der Waals surface area (Å²) in [4.78, 5) is 19.2. The van der Waals surface area contributed by atoms with E-state index in [2.05, 4.69) is 15.2 Å². The van der Waals surface area contributed by atoms with Crippen molar-refractivity contribution >= 4 is 49.9 Å². The van der Waals surface area contributed by atoms with E-state index in [-0.39, 0.29) is 9.96 Å². The van der Waals surface area contributed by atoms with Gasteiger partial charge in [0.05, 0.1) is 11.3 Å². The fraction of sp³-hybridized carbons (Fsp3) is 0.0667. The molecule has 2 aromatic heterocycles. The van der Waals surface area contributed by atoms with Crippen molar-refractivity contribution in [1.82, 2.24) is 15.2 Å². The van der Waals surface area contributed by atoms with Crippen LogP contribution in [0.2, 0.25) is 0 Å². The Morgan fingerprint density at radius 1 is 1.17 bits per heavy atom. The Labute approximate surface area is 147 Å². The molecule has 0 fully saturated rings. The van der Waals surface area contributed by atoms with Crippen molar-refractivity contribution in [2.75, 3.05) is 5.75 Å². The van der Waals surface area contributed by atoms with E-state index in [0.29, 0.717) is 0 Å². The number of nitrogens with one attached hydrogen (secondary N) is 2. The largest absolute Gasteiger partial charge is 0.277 e. The Kier molecular flexibility index (Phi) is 5.14. The van der Waals surface area contributed by atoms with Crippen LogP contribution in [0.25, 0.3) is 10.9 Å². The number of hydrazine groups is 1. The summed E-state index contributed by atoms with van der Waals surface area (Å²) in [7, 11) is -3.71. The molecule has 1 amide bonds. The normalized spacial score (nSPS) is 11.5. The second-order valence-electron chi connectivity index (χ2n) is 4.71. The maximum atomic E-state index is 11.9. The molecule has 0 spiro atoms. The zero-order valence-electron chi connectivity index (χ0n) is 12.3. The Morgan fingerprint density at radius 3 is 2.79 bits per heavy atom. The molecule has 3 rings (SSSR count). The van der Waals surface area contributed by atoms with Crippen LogP contribution in [-0.4, -0.2) is 25.1 Å². The monoisotopic (exact) mass is 379 g/mol. The number of benzene rings is 1. The summed E-state index contributed by atoms with van der Waals surface area (Å²) in [6.07, 6.45) is 1.70. The smallest absolute Gasteiger partial charge is 0.266 e. The van der Waals surface area contributed by atoms with Crippen molar-refractivity contribution in [3.8, 4) is 0 Å². The van der Waals surface area contributed by atoms with Crippen LogP contribution in [0, 0.1) is 0 Å². The van der Waals surface area contributed by atoms with Gasteiger partial charge in [0.15, 0.2) is 0 Å². The highest BCUT2D eigenvalue weighted by molar-refractivity contribution is 8.00. The van der Waals surface area contributed by atoms with Gasteiger partial charge in [-0.3, -0.25) is 15.2 Å². The Balaban J connectivity index is 1.60. The predicted octanol–water partition coefficient (Wildman–Crippen LogP) is 2.40. The number of carbonyl (C=O) groups excluding carboxylic acids is 1. The van der Waals surface area contributed by atoms with Gasteiger partial charge in [-0.15, -0.1) is 27.9 Å². The zero-order valence-corrected chi connectivity index (χ0v) is 14.7. The second kappa shape index (κ2) is 7.31. The van der Waals surface area contributed by atoms with Crippen LogP contribution in [0.4, 0.5) is 0 Å². The third-order valence-corrected chi connectivity index (χ3v) is 6.73. The van der Waals surface area contributed by atoms with Crippen LogP contribution in [0.5, 0.6) is 0 Å². The molecule has 0 unspecified atom stereocenters. The first kappa shape index (κ1) is 16.9. The minimum absolute atomic E-state index is 0.0721. The predicted molar refractivity (Wildman–Crippen MR) is 95.3 cm³/mol. The van der Waals surface area contributed by atoms with Gasteiger partial charge in [-0.1, -0.05) is 24.3 Å². The summed E-state index contributed by atoms with van der Waals surface area (Å²) in [5.74, 6) is -0.365. The van der Waals surface area contributed by atoms with Crippen molar-refractivity contribution in [3.63, 3.8) is 0 Å². The third kappa shape index (κ3) is 3.93. The Hall–Kier alpha value is -1.94. The van der Waals surface area contributed by atoms with Gasteiger partial charge in [-0.05, 0) is 23.6 Å². The molecule has 9 heteroatoms. The SMILES string of the molecule is O=C(CSc1cccc2cccnc12)NNS(=O)(=O)c1cccs1. The van der Waals surface area contributed by atoms with E-state index >= 15 is 0 Å². The number of amides is 1. The fourth-order valence-corrected chi connectivity index (χ4v) is 4.66. The molecule has 1 aromatic carbocycles. The lowest BCUT2D eigenvalue weighted by Crippen LogP contribution is -2.42. The van der Waals surface area contributed by atoms with Gasteiger partial charge < -0.3 is 0 Å². The fourth-order valence-electron chi connectivity index (χ4n) is 1.96. The molecular weight excluding hydrogens is 366 g/mol. The first-order valence-electron chi connectivity index (χ1n) is 6.87. The van der Waals surface area contributed by atoms with Crippen LogP contribution in [0.1, 0.15) is 0 Å². The minimum atomic E-state index is -3.71. The molecule has 0 aliphatic carbocycles. The van der Waals surface area contributed by atoms with E-state index in [9.17, 15) is 13.2 Å². The number of fused-ring (bicyclic) bond motifs is 1. The lowest BCUT2D eigenvalue weighted by molar-refractivity contribution is -0.119. The molecule has 2 heterocycles. The quantitative estimate of drug-likeness (QED) is 0.507. The van der Waals surface area contributed by atoms with Crippen LogP contribution < -0.4 is 10.3 Å². The molecule has 124 valence electrons. The number of nitrogens with zero attached hydrogens (tertiary/aromatic N) is 1. The lowest BCUT2D eigenvalue weighted by atomic mass is 10.2. The van der Waals surface area contributed by atoms with E-state index in [0.717, 1.165) is 27.1 Å². The molecule has 0 aliphatic heterocycles. The van der Waals surface area contributed by atoms with Gasteiger partial charge >= 0.3 is 0 Å². The maximum Gasteiger partial charge on any atom is 0.266 e. The van der Waals surface area contributed by atoms with Gasteiger partial charge in [-0.25, -0.2) is 8.42 Å². The molecule has 0 atom stereocenters. The molecule has 3 aromatic rings. The average molecular weight is 379 g/mol. The highest BCUT2D eigenvalue weighted by atomic mass is 32.2. The first-order chi connectivity index (χ1) is 11.6. The van der Waals surface area contributed by atoms with Crippen molar-refractivity contribution in [2.45, 2.75) is 9.10 Å². The molecule has 24 heavy (non-hydrogen) atoms. The zero-order chi connectivity index (χ0) is 17.0. The summed E-state index contributed by atoms with van der Waals surface area (Å²) in [6, 6.07) is 12.6. The number of para-hydroxylation sites is 1. The van der Waals surface area contributed by atoms with Crippen LogP contribution in [0.3, 0.4) is 0 Å². The maximum absolute atomic E-state index is 11.9. The second-order valence-corrected chi connectivity index (χ2v) is 8.58. The molecular formula is C15H13N3O3S3. The summed E-state index contributed by atoms with van der Waals surface area (Å²) >= 11 is 2.38. The first-order valence-corrected chi connectivity index (χ1v) is 10.2. The molecule has 6 nitrogen and oxygen atoms in total. The van der Waals surface area contributed by atoms with Crippen molar-refractivity contribution in [1.29, 1.82) is 0 Å². The van der Waals surface area contributed by atoms with E-state index in [4.69, 9.17) is 0 Å². The van der Waals surface area contributed by atoms with Crippen LogP contribution >= 0.6 is 23.1 Å². The molecule has 0 radical (unpaired) electrons. The summed E-state index contributed by atoms with van der Waals surface area (Å²) in [5.41, 5.74) is 3.03. The number of aromatic nitrogens is 1. The van der Waals surface area contributed by atoms with Gasteiger partial charge in [0.1, 0.15) is 4.21 Å². The molecule has 0 aliphatic rings. The van der Waals surface area contributed by atoms with Crippen LogP contribution in [-0.2, 0) is 14.8 Å². The topological polar surface area (TPSA) is 88.2 Å². The minimum Gasteiger partial charge on any atom is -0.277 e. The summed E-state index contributed by atoms with van der Waals surface area (Å²) in [5, 5.41) is 2.64. The van der Waals surface area contributed by atoms with Gasteiger partial charge in [0.2, 0.25) is 5.91 Å². The number of hydrogen-bond acceptors (Lipinski definition) is 6. The number of thioether (sulfide) groups is 1. The number of pyridine rings is 1. The van der Waals surface area contributed by atoms with Gasteiger partial charge in [0, 0.05) is 16.5 Å². The Bertz CT molecular complexity index is 951. The van der Waals surface area contributed by atoms with Crippen molar-refractivity contribution in [2.24, 2.45) is 0 Å². The number of carbonyl (C=O) groups is 1. The molecule has 0 saturated carbocycles. The van der Waals surface area contributed by atoms with Gasteiger partial charge in [-0.2, -0.15) is 0 Å². The van der Waals surface area contributed by atoms with Crippen molar-refractivity contribution < 1.29 is 13.2 Å². The van der Waals surface area contributed by atoms with Crippen molar-refractivity contribution in [3.05, 3.63) is 54.0 Å². The lowest BCUT2D eigenvalue weighted by Gasteiger charge is -2.08. The highest BCUT2D eigenvalue weighted by Crippen LogP contribution is 2.25. The summed E-state index contributed by atoms with van der Waals surface area (Å²) < 4.78 is 24.0.